The highest BCUT2D eigenvalue weighted by Crippen LogP contribution is 2.18. The number of benzene rings is 1. The summed E-state index contributed by atoms with van der Waals surface area (Å²) in [6.45, 7) is 1.88. The van der Waals surface area contributed by atoms with Gasteiger partial charge in [0.15, 0.2) is 0 Å². The highest BCUT2D eigenvalue weighted by molar-refractivity contribution is 5.75. The lowest BCUT2D eigenvalue weighted by atomic mass is 10.2. The summed E-state index contributed by atoms with van der Waals surface area (Å²) in [6, 6.07) is 9.14. The molecule has 0 spiro atoms. The molecule has 0 bridgehead atoms. The molecule has 1 aromatic carbocycles. The van der Waals surface area contributed by atoms with Gasteiger partial charge in [-0.15, -0.1) is 10.2 Å². The second kappa shape index (κ2) is 6.42. The number of aromatic nitrogens is 2. The van der Waals surface area contributed by atoms with E-state index < -0.39 is 0 Å². The zero-order valence-electron chi connectivity index (χ0n) is 13.4. The zero-order valence-corrected chi connectivity index (χ0v) is 13.4. The minimum atomic E-state index is -0.302. The Morgan fingerprint density at radius 3 is 2.92 bits per heavy atom. The van der Waals surface area contributed by atoms with Crippen LogP contribution in [0.5, 0.6) is 0 Å². The predicted octanol–water partition coefficient (Wildman–Crippen LogP) is 1.08. The van der Waals surface area contributed by atoms with Gasteiger partial charge in [-0.05, 0) is 12.1 Å². The van der Waals surface area contributed by atoms with Crippen molar-refractivity contribution >= 4 is 12.1 Å². The predicted molar refractivity (Wildman–Crippen MR) is 85.4 cm³/mol. The summed E-state index contributed by atoms with van der Waals surface area (Å²) in [5.41, 5.74) is 0.828. The molecule has 0 aliphatic carbocycles. The topological polar surface area (TPSA) is 101 Å². The molecule has 3 amide bonds. The van der Waals surface area contributed by atoms with Crippen molar-refractivity contribution in [2.45, 2.75) is 12.6 Å². The summed E-state index contributed by atoms with van der Waals surface area (Å²) in [7, 11) is 0. The highest BCUT2D eigenvalue weighted by atomic mass is 16.6. The fourth-order valence-corrected chi connectivity index (χ4v) is 2.96. The number of hydrogen-bond acceptors (Lipinski definition) is 6. The quantitative estimate of drug-likeness (QED) is 0.895. The van der Waals surface area contributed by atoms with E-state index in [4.69, 9.17) is 9.15 Å². The first-order valence-electron chi connectivity index (χ1n) is 8.04. The average Bonchev–Trinajstić information content (AvgIpc) is 3.27. The second-order valence-corrected chi connectivity index (χ2v) is 5.90. The number of fused-ring (bicyclic) bond motifs is 1. The first-order valence-corrected chi connectivity index (χ1v) is 8.04. The van der Waals surface area contributed by atoms with Gasteiger partial charge < -0.3 is 19.4 Å². The number of piperazine rings is 1. The molecule has 2 aliphatic heterocycles. The van der Waals surface area contributed by atoms with Crippen LogP contribution in [0.25, 0.3) is 11.5 Å². The minimum absolute atomic E-state index is 0.0694. The van der Waals surface area contributed by atoms with Gasteiger partial charge in [0.1, 0.15) is 6.61 Å². The number of amides is 3. The third-order valence-electron chi connectivity index (χ3n) is 4.28. The molecular formula is C16H17N5O4. The molecule has 9 nitrogen and oxygen atoms in total. The first kappa shape index (κ1) is 15.4. The number of nitrogens with zero attached hydrogens (tertiary/aromatic N) is 4. The molecule has 2 aliphatic rings. The molecule has 25 heavy (non-hydrogen) atoms. The molecule has 0 radical (unpaired) electrons. The molecule has 3 heterocycles. The van der Waals surface area contributed by atoms with Gasteiger partial charge in [0.05, 0.1) is 12.6 Å². The molecule has 9 heteroatoms. The van der Waals surface area contributed by atoms with E-state index in [0.717, 1.165) is 5.56 Å². The lowest BCUT2D eigenvalue weighted by molar-refractivity contribution is 0.126. The molecule has 0 unspecified atom stereocenters. The maximum atomic E-state index is 12.3. The molecule has 130 valence electrons. The van der Waals surface area contributed by atoms with Crippen LogP contribution in [0, 0.1) is 0 Å². The molecule has 1 atom stereocenters. The Kier molecular flexibility index (Phi) is 3.96. The second-order valence-electron chi connectivity index (χ2n) is 5.90. The van der Waals surface area contributed by atoms with Crippen LogP contribution in [0.2, 0.25) is 0 Å². The Labute approximate surface area is 143 Å². The fraction of sp³-hybridized carbons (Fsp3) is 0.375. The summed E-state index contributed by atoms with van der Waals surface area (Å²) in [5.74, 6) is 0.755. The van der Waals surface area contributed by atoms with Crippen LogP contribution in [-0.2, 0) is 11.3 Å². The highest BCUT2D eigenvalue weighted by Gasteiger charge is 2.38. The van der Waals surface area contributed by atoms with E-state index >= 15 is 0 Å². The number of urea groups is 1. The number of carbonyl (C=O) groups excluding carboxylic acids is 2. The van der Waals surface area contributed by atoms with Crippen LogP contribution in [-0.4, -0.2) is 64.4 Å². The number of hydrogen-bond donors (Lipinski definition) is 1. The minimum Gasteiger partial charge on any atom is -0.447 e. The van der Waals surface area contributed by atoms with Crippen molar-refractivity contribution < 1.29 is 18.7 Å². The Balaban J connectivity index is 1.32. The van der Waals surface area contributed by atoms with Crippen molar-refractivity contribution in [3.63, 3.8) is 0 Å². The van der Waals surface area contributed by atoms with Crippen molar-refractivity contribution in [3.8, 4) is 11.5 Å². The summed E-state index contributed by atoms with van der Waals surface area (Å²) in [4.78, 5) is 27.1. The van der Waals surface area contributed by atoms with Crippen LogP contribution in [0.1, 0.15) is 5.89 Å². The Hall–Kier alpha value is -3.10. The van der Waals surface area contributed by atoms with Crippen molar-refractivity contribution in [3.05, 3.63) is 36.2 Å². The van der Waals surface area contributed by atoms with Gasteiger partial charge >= 0.3 is 12.1 Å². The van der Waals surface area contributed by atoms with Crippen molar-refractivity contribution in [1.82, 2.24) is 25.3 Å². The van der Waals surface area contributed by atoms with Crippen LogP contribution >= 0.6 is 0 Å². The lowest BCUT2D eigenvalue weighted by Crippen LogP contribution is -2.55. The standard InChI is InChI=1S/C16H17N5O4/c22-15(20-6-7-21-12(9-20)10-24-16(21)23)17-8-13-18-19-14(25-13)11-4-2-1-3-5-11/h1-5,12H,6-10H2,(H,17,22)/t12-/m0/s1. The van der Waals surface area contributed by atoms with Gasteiger partial charge in [-0.2, -0.15) is 0 Å². The van der Waals surface area contributed by atoms with Gasteiger partial charge in [0, 0.05) is 25.2 Å². The van der Waals surface area contributed by atoms with Crippen LogP contribution in [0.15, 0.2) is 34.7 Å². The molecule has 2 aromatic rings. The summed E-state index contributed by atoms with van der Waals surface area (Å²) in [5, 5.41) is 10.7. The Morgan fingerprint density at radius 2 is 2.08 bits per heavy atom. The summed E-state index contributed by atoms with van der Waals surface area (Å²) < 4.78 is 10.6. The molecular weight excluding hydrogens is 326 g/mol. The van der Waals surface area contributed by atoms with E-state index in [1.807, 2.05) is 30.3 Å². The van der Waals surface area contributed by atoms with Crippen molar-refractivity contribution in [1.29, 1.82) is 0 Å². The number of ether oxygens (including phenoxy) is 1. The summed E-state index contributed by atoms with van der Waals surface area (Å²) >= 11 is 0. The Morgan fingerprint density at radius 1 is 1.24 bits per heavy atom. The number of nitrogens with one attached hydrogen (secondary N) is 1. The van der Waals surface area contributed by atoms with E-state index in [2.05, 4.69) is 15.5 Å². The molecule has 0 saturated carbocycles. The molecule has 4 rings (SSSR count). The monoisotopic (exact) mass is 343 g/mol. The van der Waals surface area contributed by atoms with Gasteiger partial charge in [0.25, 0.3) is 0 Å². The maximum absolute atomic E-state index is 12.3. The fourth-order valence-electron chi connectivity index (χ4n) is 2.96. The van der Waals surface area contributed by atoms with Crippen LogP contribution < -0.4 is 5.32 Å². The van der Waals surface area contributed by atoms with E-state index in [0.29, 0.717) is 38.0 Å². The normalized spacial score (nSPS) is 19.5. The third kappa shape index (κ3) is 3.12. The van der Waals surface area contributed by atoms with Gasteiger partial charge in [-0.25, -0.2) is 9.59 Å². The van der Waals surface area contributed by atoms with Crippen LogP contribution in [0.4, 0.5) is 9.59 Å². The van der Waals surface area contributed by atoms with Crippen LogP contribution in [0.3, 0.4) is 0 Å². The molecule has 1 aromatic heterocycles. The zero-order chi connectivity index (χ0) is 17.2. The molecule has 1 N–H and O–H groups in total. The molecule has 2 saturated heterocycles. The first-order chi connectivity index (χ1) is 12.2. The van der Waals surface area contributed by atoms with E-state index in [-0.39, 0.29) is 24.7 Å². The lowest BCUT2D eigenvalue weighted by Gasteiger charge is -2.35. The van der Waals surface area contributed by atoms with E-state index in [9.17, 15) is 9.59 Å². The molecule has 2 fully saturated rings. The third-order valence-corrected chi connectivity index (χ3v) is 4.28. The summed E-state index contributed by atoms with van der Waals surface area (Å²) in [6.07, 6.45) is -0.302. The largest absolute Gasteiger partial charge is 0.447 e. The van der Waals surface area contributed by atoms with Gasteiger partial charge in [-0.1, -0.05) is 18.2 Å². The average molecular weight is 343 g/mol. The number of cyclic esters (lactones) is 1. The van der Waals surface area contributed by atoms with Gasteiger partial charge in [0.2, 0.25) is 11.8 Å². The van der Waals surface area contributed by atoms with E-state index in [1.165, 1.54) is 0 Å². The van der Waals surface area contributed by atoms with Crippen molar-refractivity contribution in [2.75, 3.05) is 26.2 Å². The van der Waals surface area contributed by atoms with E-state index in [1.54, 1.807) is 9.80 Å². The smallest absolute Gasteiger partial charge is 0.410 e. The number of rotatable bonds is 3. The van der Waals surface area contributed by atoms with Gasteiger partial charge in [-0.3, -0.25) is 4.90 Å². The maximum Gasteiger partial charge on any atom is 0.410 e. The SMILES string of the molecule is O=C(NCc1nnc(-c2ccccc2)o1)N1CCN2C(=O)OC[C@@H]2C1. The Bertz CT molecular complexity index is 778. The van der Waals surface area contributed by atoms with Crippen molar-refractivity contribution in [2.24, 2.45) is 0 Å². The number of carbonyl (C=O) groups is 2.